The second kappa shape index (κ2) is 12.1. The van der Waals surface area contributed by atoms with Gasteiger partial charge in [0, 0.05) is 6.54 Å². The van der Waals surface area contributed by atoms with Gasteiger partial charge in [-0.1, -0.05) is 30.2 Å². The number of hydrogen-bond donors (Lipinski definition) is 3. The van der Waals surface area contributed by atoms with Crippen LogP contribution >= 0.6 is 0 Å². The highest BCUT2D eigenvalue weighted by Crippen LogP contribution is 2.21. The van der Waals surface area contributed by atoms with Crippen LogP contribution in [0.3, 0.4) is 0 Å². The van der Waals surface area contributed by atoms with Gasteiger partial charge in [-0.25, -0.2) is 9.59 Å². The van der Waals surface area contributed by atoms with Crippen molar-refractivity contribution in [2.75, 3.05) is 26.2 Å². The zero-order chi connectivity index (χ0) is 20.2. The van der Waals surface area contributed by atoms with E-state index in [1.807, 2.05) is 18.2 Å². The fourth-order valence-corrected chi connectivity index (χ4v) is 2.84. The van der Waals surface area contributed by atoms with E-state index in [1.165, 1.54) is 24.8 Å². The fraction of sp³-hybridized carbons (Fsp3) is 0.500. The van der Waals surface area contributed by atoms with E-state index in [0.29, 0.717) is 13.2 Å². The third-order valence-electron chi connectivity index (χ3n) is 4.11. The van der Waals surface area contributed by atoms with Crippen molar-refractivity contribution in [2.45, 2.75) is 38.7 Å². The summed E-state index contributed by atoms with van der Waals surface area (Å²) >= 11 is 0. The van der Waals surface area contributed by atoms with Gasteiger partial charge in [-0.3, -0.25) is 0 Å². The lowest BCUT2D eigenvalue weighted by Crippen LogP contribution is -2.38. The summed E-state index contributed by atoms with van der Waals surface area (Å²) in [6.07, 6.45) is 6.05. The topological polar surface area (TPSA) is 107 Å². The molecule has 1 heterocycles. The molecule has 3 N–H and O–H groups in total. The average Bonchev–Trinajstić information content (AvgIpc) is 2.62. The zero-order valence-electron chi connectivity index (χ0n) is 15.8. The summed E-state index contributed by atoms with van der Waals surface area (Å²) in [5, 5.41) is 24.9. The van der Waals surface area contributed by atoms with Gasteiger partial charge in [0.15, 0.2) is 0 Å². The molecule has 150 valence electrons. The predicted octanol–water partition coefficient (Wildman–Crippen LogP) is 2.10. The van der Waals surface area contributed by atoms with E-state index in [9.17, 15) is 5.11 Å². The molecule has 0 aromatic heterocycles. The van der Waals surface area contributed by atoms with Gasteiger partial charge in [-0.05, 0) is 50.9 Å². The lowest BCUT2D eigenvalue weighted by Gasteiger charge is -2.28. The van der Waals surface area contributed by atoms with Crippen molar-refractivity contribution in [1.82, 2.24) is 4.90 Å². The van der Waals surface area contributed by atoms with E-state index in [0.717, 1.165) is 30.8 Å². The molecule has 1 aliphatic heterocycles. The number of β-amino-alcohol motifs (C(OH)–C–C–N with tert-alkyl or cyclic N) is 1. The number of aliphatic carboxylic acids is 2. The summed E-state index contributed by atoms with van der Waals surface area (Å²) in [5.41, 5.74) is 2.35. The number of allylic oxidation sites excluding steroid dienone is 1. The largest absolute Gasteiger partial charge is 0.491 e. The van der Waals surface area contributed by atoms with Crippen molar-refractivity contribution >= 4 is 11.9 Å². The SMILES string of the molecule is C=CCc1cc(C)ccc1OCC(O)CN1CCCCC1.O=C(O)C(=O)O. The minimum atomic E-state index is -1.82. The molecule has 1 fully saturated rings. The van der Waals surface area contributed by atoms with Crippen LogP contribution in [0.1, 0.15) is 30.4 Å². The van der Waals surface area contributed by atoms with Crippen LogP contribution in [0.15, 0.2) is 30.9 Å². The van der Waals surface area contributed by atoms with Crippen LogP contribution in [0.5, 0.6) is 5.75 Å². The van der Waals surface area contributed by atoms with E-state index in [1.54, 1.807) is 0 Å². The summed E-state index contributed by atoms with van der Waals surface area (Å²) in [5.74, 6) is -2.79. The van der Waals surface area contributed by atoms with Gasteiger partial charge < -0.3 is 25.0 Å². The predicted molar refractivity (Wildman–Crippen MR) is 102 cm³/mol. The molecule has 0 spiro atoms. The quantitative estimate of drug-likeness (QED) is 0.492. The normalized spacial score (nSPS) is 15.2. The summed E-state index contributed by atoms with van der Waals surface area (Å²) < 4.78 is 5.82. The molecule has 27 heavy (non-hydrogen) atoms. The minimum Gasteiger partial charge on any atom is -0.491 e. The number of aliphatic hydroxyl groups excluding tert-OH is 1. The summed E-state index contributed by atoms with van der Waals surface area (Å²) in [6, 6.07) is 6.15. The molecule has 0 bridgehead atoms. The Morgan fingerprint density at radius 3 is 2.41 bits per heavy atom. The number of carboxylic acids is 2. The Kier molecular flexibility index (Phi) is 10.1. The Labute approximate surface area is 159 Å². The molecule has 7 heteroatoms. The number of piperidine rings is 1. The first-order valence-electron chi connectivity index (χ1n) is 9.03. The Morgan fingerprint density at radius 1 is 1.22 bits per heavy atom. The van der Waals surface area contributed by atoms with Crippen LogP contribution < -0.4 is 4.74 Å². The standard InChI is InChI=1S/C18H27NO2.C2H2O4/c1-3-7-16-12-15(2)8-9-18(16)21-14-17(20)13-19-10-5-4-6-11-19;3-1(4)2(5)6/h3,8-9,12,17,20H,1,4-7,10-11,13-14H2,2H3;(H,3,4)(H,5,6). The van der Waals surface area contributed by atoms with E-state index in [4.69, 9.17) is 24.5 Å². The molecule has 1 aromatic rings. The minimum absolute atomic E-state index is 0.351. The van der Waals surface area contributed by atoms with Gasteiger partial charge in [0.25, 0.3) is 0 Å². The third kappa shape index (κ3) is 9.21. The van der Waals surface area contributed by atoms with E-state index >= 15 is 0 Å². The molecule has 0 radical (unpaired) electrons. The molecule has 0 saturated carbocycles. The van der Waals surface area contributed by atoms with Gasteiger partial charge in [0.05, 0.1) is 0 Å². The molecule has 7 nitrogen and oxygen atoms in total. The van der Waals surface area contributed by atoms with Gasteiger partial charge >= 0.3 is 11.9 Å². The maximum absolute atomic E-state index is 10.2. The number of benzene rings is 1. The molecule has 0 aliphatic carbocycles. The first-order valence-corrected chi connectivity index (χ1v) is 9.03. The molecular formula is C20H29NO6. The fourth-order valence-electron chi connectivity index (χ4n) is 2.84. The van der Waals surface area contributed by atoms with Crippen molar-refractivity contribution in [1.29, 1.82) is 0 Å². The molecule has 1 aromatic carbocycles. The monoisotopic (exact) mass is 379 g/mol. The maximum atomic E-state index is 10.2. The number of aliphatic hydroxyl groups is 1. The molecule has 1 atom stereocenters. The number of nitrogens with zero attached hydrogens (tertiary/aromatic N) is 1. The molecule has 2 rings (SSSR count). The van der Waals surface area contributed by atoms with Crippen molar-refractivity contribution in [3.8, 4) is 5.75 Å². The van der Waals surface area contributed by atoms with Crippen LogP contribution in [0.2, 0.25) is 0 Å². The number of carboxylic acid groups (broad SMARTS) is 2. The molecule has 0 amide bonds. The van der Waals surface area contributed by atoms with Gasteiger partial charge in [0.1, 0.15) is 18.5 Å². The lowest BCUT2D eigenvalue weighted by atomic mass is 10.1. The lowest BCUT2D eigenvalue weighted by molar-refractivity contribution is -0.159. The number of ether oxygens (including phenoxy) is 1. The maximum Gasteiger partial charge on any atom is 0.414 e. The third-order valence-corrected chi connectivity index (χ3v) is 4.11. The highest BCUT2D eigenvalue weighted by Gasteiger charge is 2.15. The van der Waals surface area contributed by atoms with E-state index in [-0.39, 0.29) is 0 Å². The van der Waals surface area contributed by atoms with Gasteiger partial charge in [-0.2, -0.15) is 0 Å². The van der Waals surface area contributed by atoms with Crippen LogP contribution in [-0.4, -0.2) is 64.5 Å². The Morgan fingerprint density at radius 2 is 1.85 bits per heavy atom. The van der Waals surface area contributed by atoms with Crippen LogP contribution in [-0.2, 0) is 16.0 Å². The average molecular weight is 379 g/mol. The molecule has 1 aliphatic rings. The summed E-state index contributed by atoms with van der Waals surface area (Å²) in [4.78, 5) is 20.5. The molecule has 1 saturated heterocycles. The first-order chi connectivity index (χ1) is 12.8. The number of aryl methyl sites for hydroxylation is 1. The Balaban J connectivity index is 0.000000527. The van der Waals surface area contributed by atoms with E-state index in [2.05, 4.69) is 24.5 Å². The first kappa shape index (κ1) is 22.7. The Hall–Kier alpha value is -2.38. The smallest absolute Gasteiger partial charge is 0.414 e. The number of rotatable bonds is 7. The molecule has 1 unspecified atom stereocenters. The van der Waals surface area contributed by atoms with Crippen molar-refractivity contribution in [3.05, 3.63) is 42.0 Å². The van der Waals surface area contributed by atoms with Crippen LogP contribution in [0.4, 0.5) is 0 Å². The number of carbonyl (C=O) groups is 2. The summed E-state index contributed by atoms with van der Waals surface area (Å²) in [6.45, 7) is 9.12. The zero-order valence-corrected chi connectivity index (χ0v) is 15.8. The van der Waals surface area contributed by atoms with Crippen molar-refractivity contribution < 1.29 is 29.6 Å². The van der Waals surface area contributed by atoms with Gasteiger partial charge in [0.2, 0.25) is 0 Å². The number of likely N-dealkylation sites (tertiary alicyclic amines) is 1. The summed E-state index contributed by atoms with van der Waals surface area (Å²) in [7, 11) is 0. The van der Waals surface area contributed by atoms with Crippen LogP contribution in [0.25, 0.3) is 0 Å². The Bertz CT molecular complexity index is 613. The second-order valence-electron chi connectivity index (χ2n) is 6.54. The molecular weight excluding hydrogens is 350 g/mol. The number of hydrogen-bond acceptors (Lipinski definition) is 5. The van der Waals surface area contributed by atoms with Crippen LogP contribution in [0, 0.1) is 6.92 Å². The highest BCUT2D eigenvalue weighted by molar-refractivity contribution is 6.27. The second-order valence-corrected chi connectivity index (χ2v) is 6.54. The van der Waals surface area contributed by atoms with Crippen molar-refractivity contribution in [3.63, 3.8) is 0 Å². The van der Waals surface area contributed by atoms with Gasteiger partial charge in [-0.15, -0.1) is 6.58 Å². The van der Waals surface area contributed by atoms with Crippen molar-refractivity contribution in [2.24, 2.45) is 0 Å². The highest BCUT2D eigenvalue weighted by atomic mass is 16.5. The van der Waals surface area contributed by atoms with E-state index < -0.39 is 18.0 Å².